The summed E-state index contributed by atoms with van der Waals surface area (Å²) >= 11 is 0. The van der Waals surface area contributed by atoms with Crippen molar-refractivity contribution in [2.24, 2.45) is 0 Å². The fourth-order valence-corrected chi connectivity index (χ4v) is 2.66. The number of nitro benzene ring substituents is 2. The SMILES string of the molecule is O=[N+]([O-])c1cc([N+](=O)[O-])c2ncn([C@@H]3O[C@H](CO)[C@@H](O)[C@H]3O)c2c1. The van der Waals surface area contributed by atoms with Crippen LogP contribution in [0.2, 0.25) is 0 Å². The third kappa shape index (κ3) is 2.37. The summed E-state index contributed by atoms with van der Waals surface area (Å²) in [4.78, 5) is 24.4. The number of imidazole rings is 1. The molecule has 0 unspecified atom stereocenters. The van der Waals surface area contributed by atoms with Gasteiger partial charge in [0.05, 0.1) is 34.4 Å². The van der Waals surface area contributed by atoms with Gasteiger partial charge < -0.3 is 24.6 Å². The number of non-ortho nitro benzene ring substituents is 2. The van der Waals surface area contributed by atoms with Crippen molar-refractivity contribution in [3.8, 4) is 0 Å². The monoisotopic (exact) mass is 340 g/mol. The molecule has 4 atom stereocenters. The van der Waals surface area contributed by atoms with E-state index in [-0.39, 0.29) is 11.0 Å². The molecule has 0 spiro atoms. The number of aliphatic hydroxyl groups is 3. The number of aliphatic hydroxyl groups excluding tert-OH is 3. The van der Waals surface area contributed by atoms with E-state index in [4.69, 9.17) is 9.84 Å². The fraction of sp³-hybridized carbons (Fsp3) is 0.417. The number of hydrogen-bond acceptors (Lipinski definition) is 9. The van der Waals surface area contributed by atoms with Gasteiger partial charge in [0.1, 0.15) is 18.3 Å². The van der Waals surface area contributed by atoms with Gasteiger partial charge in [-0.2, -0.15) is 0 Å². The summed E-state index contributed by atoms with van der Waals surface area (Å²) in [6, 6.07) is 1.85. The summed E-state index contributed by atoms with van der Waals surface area (Å²) < 4.78 is 6.47. The zero-order chi connectivity index (χ0) is 17.6. The first-order valence-electron chi connectivity index (χ1n) is 6.77. The molecular formula is C12H12N4O8. The van der Waals surface area contributed by atoms with Crippen molar-refractivity contribution in [1.82, 2.24) is 9.55 Å². The average Bonchev–Trinajstić information content (AvgIpc) is 3.08. The van der Waals surface area contributed by atoms with Crippen molar-refractivity contribution in [1.29, 1.82) is 0 Å². The first-order chi connectivity index (χ1) is 11.3. The molecule has 0 bridgehead atoms. The van der Waals surface area contributed by atoms with E-state index in [2.05, 4.69) is 4.98 Å². The number of aromatic nitrogens is 2. The van der Waals surface area contributed by atoms with Crippen molar-refractivity contribution in [2.75, 3.05) is 6.61 Å². The minimum absolute atomic E-state index is 0.00857. The van der Waals surface area contributed by atoms with Crippen molar-refractivity contribution in [3.63, 3.8) is 0 Å². The van der Waals surface area contributed by atoms with Gasteiger partial charge in [0.15, 0.2) is 11.7 Å². The Morgan fingerprint density at radius 2 is 1.92 bits per heavy atom. The van der Waals surface area contributed by atoms with E-state index in [1.807, 2.05) is 0 Å². The topological polar surface area (TPSA) is 174 Å². The Kier molecular flexibility index (Phi) is 3.88. The maximum atomic E-state index is 11.1. The third-order valence-corrected chi connectivity index (χ3v) is 3.84. The van der Waals surface area contributed by atoms with Gasteiger partial charge in [-0.25, -0.2) is 4.98 Å². The van der Waals surface area contributed by atoms with Gasteiger partial charge in [0, 0.05) is 6.07 Å². The maximum Gasteiger partial charge on any atom is 0.303 e. The second-order valence-corrected chi connectivity index (χ2v) is 5.23. The number of nitro groups is 2. The molecule has 24 heavy (non-hydrogen) atoms. The molecule has 128 valence electrons. The van der Waals surface area contributed by atoms with Crippen molar-refractivity contribution in [2.45, 2.75) is 24.5 Å². The first-order valence-corrected chi connectivity index (χ1v) is 6.77. The molecule has 0 saturated carbocycles. The van der Waals surface area contributed by atoms with Gasteiger partial charge in [-0.1, -0.05) is 0 Å². The normalized spacial score (nSPS) is 26.8. The van der Waals surface area contributed by atoms with E-state index in [0.29, 0.717) is 0 Å². The standard InChI is InChI=1S/C12H12N4O8/c17-3-8-10(18)11(19)12(24-8)14-4-13-9-6(14)1-5(15(20)21)2-7(9)16(22)23/h1-2,4,8,10-12,17-19H,3H2/t8-,10-,11-,12-/m1/s1. The molecule has 3 rings (SSSR count). The predicted octanol–water partition coefficient (Wildman–Crippen LogP) is -0.536. The summed E-state index contributed by atoms with van der Waals surface area (Å²) in [6.45, 7) is -0.554. The minimum Gasteiger partial charge on any atom is -0.394 e. The number of rotatable bonds is 4. The fourth-order valence-electron chi connectivity index (χ4n) is 2.66. The number of ether oxygens (including phenoxy) is 1. The molecule has 1 aliphatic rings. The lowest BCUT2D eigenvalue weighted by Crippen LogP contribution is -2.33. The highest BCUT2D eigenvalue weighted by molar-refractivity contribution is 5.87. The quantitative estimate of drug-likeness (QED) is 0.487. The molecule has 1 aromatic heterocycles. The highest BCUT2D eigenvalue weighted by Gasteiger charge is 2.44. The van der Waals surface area contributed by atoms with E-state index in [1.54, 1.807) is 0 Å². The van der Waals surface area contributed by atoms with Crippen LogP contribution >= 0.6 is 0 Å². The van der Waals surface area contributed by atoms with Crippen LogP contribution in [0.5, 0.6) is 0 Å². The van der Waals surface area contributed by atoms with Crippen LogP contribution in [0.1, 0.15) is 6.23 Å². The zero-order valence-corrected chi connectivity index (χ0v) is 11.9. The Balaban J connectivity index is 2.16. The van der Waals surface area contributed by atoms with Crippen molar-refractivity contribution in [3.05, 3.63) is 38.7 Å². The van der Waals surface area contributed by atoms with Crippen LogP contribution in [0.4, 0.5) is 11.4 Å². The van der Waals surface area contributed by atoms with E-state index < -0.39 is 52.4 Å². The molecule has 3 N–H and O–H groups in total. The van der Waals surface area contributed by atoms with Gasteiger partial charge in [-0.15, -0.1) is 0 Å². The third-order valence-electron chi connectivity index (χ3n) is 3.84. The molecule has 2 heterocycles. The molecule has 0 radical (unpaired) electrons. The molecule has 1 fully saturated rings. The lowest BCUT2D eigenvalue weighted by Gasteiger charge is -2.16. The summed E-state index contributed by atoms with van der Waals surface area (Å²) in [5.74, 6) is 0. The Morgan fingerprint density at radius 1 is 1.21 bits per heavy atom. The first kappa shape index (κ1) is 16.2. The van der Waals surface area contributed by atoms with E-state index in [0.717, 1.165) is 23.0 Å². The van der Waals surface area contributed by atoms with Crippen LogP contribution in [0.25, 0.3) is 11.0 Å². The van der Waals surface area contributed by atoms with Gasteiger partial charge >= 0.3 is 5.69 Å². The van der Waals surface area contributed by atoms with Gasteiger partial charge in [-0.05, 0) is 0 Å². The molecule has 1 aromatic carbocycles. The van der Waals surface area contributed by atoms with Crippen LogP contribution in [-0.4, -0.2) is 59.6 Å². The lowest BCUT2D eigenvalue weighted by atomic mass is 10.1. The smallest absolute Gasteiger partial charge is 0.303 e. The molecule has 0 aliphatic carbocycles. The molecule has 12 heteroatoms. The molecule has 1 aliphatic heterocycles. The highest BCUT2D eigenvalue weighted by Crippen LogP contribution is 2.35. The summed E-state index contributed by atoms with van der Waals surface area (Å²) in [5, 5.41) is 51.1. The lowest BCUT2D eigenvalue weighted by molar-refractivity contribution is -0.393. The highest BCUT2D eigenvalue weighted by atomic mass is 16.6. The van der Waals surface area contributed by atoms with Crippen LogP contribution in [0.15, 0.2) is 18.5 Å². The summed E-state index contributed by atoms with van der Waals surface area (Å²) in [5.41, 5.74) is -1.22. The van der Waals surface area contributed by atoms with Gasteiger partial charge in [0.2, 0.25) is 0 Å². The van der Waals surface area contributed by atoms with Crippen LogP contribution in [0.3, 0.4) is 0 Å². The predicted molar refractivity (Wildman–Crippen MR) is 76.1 cm³/mol. The molecule has 12 nitrogen and oxygen atoms in total. The van der Waals surface area contributed by atoms with Gasteiger partial charge in [0.25, 0.3) is 5.69 Å². The van der Waals surface area contributed by atoms with E-state index >= 15 is 0 Å². The van der Waals surface area contributed by atoms with Crippen molar-refractivity contribution >= 4 is 22.4 Å². The van der Waals surface area contributed by atoms with Gasteiger partial charge in [-0.3, -0.25) is 20.2 Å². The molecule has 1 saturated heterocycles. The zero-order valence-electron chi connectivity index (χ0n) is 11.9. The number of fused-ring (bicyclic) bond motifs is 1. The Hall–Kier alpha value is -2.67. The van der Waals surface area contributed by atoms with Crippen LogP contribution in [0, 0.1) is 20.2 Å². The van der Waals surface area contributed by atoms with Crippen LogP contribution in [-0.2, 0) is 4.74 Å². The Morgan fingerprint density at radius 3 is 2.46 bits per heavy atom. The minimum atomic E-state index is -1.45. The number of nitrogens with zero attached hydrogens (tertiary/aromatic N) is 4. The van der Waals surface area contributed by atoms with E-state index in [9.17, 15) is 30.4 Å². The largest absolute Gasteiger partial charge is 0.394 e. The maximum absolute atomic E-state index is 11.1. The second-order valence-electron chi connectivity index (χ2n) is 5.23. The Labute approximate surface area is 132 Å². The van der Waals surface area contributed by atoms with E-state index in [1.165, 1.54) is 0 Å². The molecule has 2 aromatic rings. The average molecular weight is 340 g/mol. The second kappa shape index (κ2) is 5.76. The summed E-state index contributed by atoms with van der Waals surface area (Å²) in [7, 11) is 0. The number of hydrogen-bond donors (Lipinski definition) is 3. The Bertz CT molecular complexity index is 821. The van der Waals surface area contributed by atoms with Crippen LogP contribution < -0.4 is 0 Å². The number of benzene rings is 1. The summed E-state index contributed by atoms with van der Waals surface area (Å²) in [6.07, 6.45) is -3.98. The van der Waals surface area contributed by atoms with Crippen molar-refractivity contribution < 1.29 is 29.9 Å². The molecular weight excluding hydrogens is 328 g/mol. The molecule has 0 amide bonds.